The van der Waals surface area contributed by atoms with Crippen LogP contribution < -0.4 is 10.1 Å². The number of carbonyl (C=O) groups is 1. The van der Waals surface area contributed by atoms with Crippen molar-refractivity contribution >= 4 is 50.7 Å². The van der Waals surface area contributed by atoms with Crippen LogP contribution in [0.3, 0.4) is 0 Å². The summed E-state index contributed by atoms with van der Waals surface area (Å²) in [4.78, 5) is 11.8. The maximum absolute atomic E-state index is 11.8. The highest BCUT2D eigenvalue weighted by atomic mass is 79.9. The lowest BCUT2D eigenvalue weighted by atomic mass is 10.2. The Hall–Kier alpha value is -1.23. The topological polar surface area (TPSA) is 38.3 Å². The van der Waals surface area contributed by atoms with Crippen LogP contribution in [0.25, 0.3) is 0 Å². The third kappa shape index (κ3) is 4.63. The van der Waals surface area contributed by atoms with Crippen LogP contribution in [-0.4, -0.2) is 12.5 Å². The molecule has 1 N–H and O–H groups in total. The van der Waals surface area contributed by atoms with E-state index >= 15 is 0 Å². The van der Waals surface area contributed by atoms with E-state index in [0.717, 1.165) is 15.7 Å². The first-order chi connectivity index (χ1) is 9.95. The Morgan fingerprint density at radius 2 is 1.95 bits per heavy atom. The second kappa shape index (κ2) is 7.16. The molecular formula is C15H12BrCl2NO2. The maximum atomic E-state index is 11.8. The zero-order chi connectivity index (χ0) is 15.4. The second-order valence-electron chi connectivity index (χ2n) is 4.38. The molecule has 1 amide bonds. The van der Waals surface area contributed by atoms with Gasteiger partial charge in [0.05, 0.1) is 10.0 Å². The zero-order valence-electron chi connectivity index (χ0n) is 11.1. The van der Waals surface area contributed by atoms with Gasteiger partial charge in [-0.15, -0.1) is 0 Å². The van der Waals surface area contributed by atoms with Crippen LogP contribution in [0.15, 0.2) is 40.9 Å². The van der Waals surface area contributed by atoms with Crippen LogP contribution in [-0.2, 0) is 4.79 Å². The van der Waals surface area contributed by atoms with E-state index in [1.807, 2.05) is 25.1 Å². The van der Waals surface area contributed by atoms with Crippen molar-refractivity contribution in [1.82, 2.24) is 0 Å². The van der Waals surface area contributed by atoms with Gasteiger partial charge < -0.3 is 10.1 Å². The Bertz CT molecular complexity index is 677. The monoisotopic (exact) mass is 387 g/mol. The van der Waals surface area contributed by atoms with Crippen LogP contribution in [0.5, 0.6) is 5.75 Å². The fourth-order valence-electron chi connectivity index (χ4n) is 1.64. The molecule has 0 bridgehead atoms. The number of hydrogen-bond acceptors (Lipinski definition) is 2. The lowest BCUT2D eigenvalue weighted by Gasteiger charge is -2.09. The van der Waals surface area contributed by atoms with Crippen LogP contribution in [0.4, 0.5) is 5.69 Å². The number of aryl methyl sites for hydroxylation is 1. The molecule has 6 heteroatoms. The molecule has 2 aromatic rings. The van der Waals surface area contributed by atoms with E-state index in [2.05, 4.69) is 21.2 Å². The first-order valence-electron chi connectivity index (χ1n) is 6.09. The molecule has 110 valence electrons. The van der Waals surface area contributed by atoms with E-state index < -0.39 is 0 Å². The zero-order valence-corrected chi connectivity index (χ0v) is 14.2. The summed E-state index contributed by atoms with van der Waals surface area (Å²) in [6, 6.07) is 10.4. The molecule has 0 aliphatic carbocycles. The molecule has 0 aromatic heterocycles. The molecule has 0 heterocycles. The van der Waals surface area contributed by atoms with Crippen molar-refractivity contribution in [3.63, 3.8) is 0 Å². The summed E-state index contributed by atoms with van der Waals surface area (Å²) >= 11 is 15.1. The van der Waals surface area contributed by atoms with Gasteiger partial charge in [0.15, 0.2) is 6.61 Å². The minimum atomic E-state index is -0.247. The van der Waals surface area contributed by atoms with E-state index in [1.165, 1.54) is 0 Å². The molecule has 0 saturated carbocycles. The number of benzene rings is 2. The number of ether oxygens (including phenoxy) is 1. The second-order valence-corrected chi connectivity index (χ2v) is 6.05. The van der Waals surface area contributed by atoms with Crippen LogP contribution >= 0.6 is 39.1 Å². The molecule has 0 fully saturated rings. The van der Waals surface area contributed by atoms with Crippen LogP contribution in [0.2, 0.25) is 10.0 Å². The fraction of sp³-hybridized carbons (Fsp3) is 0.133. The normalized spacial score (nSPS) is 10.3. The minimum Gasteiger partial charge on any atom is -0.484 e. The summed E-state index contributed by atoms with van der Waals surface area (Å²) in [6.07, 6.45) is 0. The highest BCUT2D eigenvalue weighted by Gasteiger charge is 2.06. The molecule has 0 atom stereocenters. The van der Waals surface area contributed by atoms with Gasteiger partial charge in [0.2, 0.25) is 0 Å². The van der Waals surface area contributed by atoms with Gasteiger partial charge in [-0.1, -0.05) is 39.1 Å². The third-order valence-corrected chi connectivity index (χ3v) is 4.33. The van der Waals surface area contributed by atoms with E-state index in [0.29, 0.717) is 15.8 Å². The van der Waals surface area contributed by atoms with Gasteiger partial charge in [-0.05, 0) is 42.8 Å². The largest absolute Gasteiger partial charge is 0.484 e. The summed E-state index contributed by atoms with van der Waals surface area (Å²) in [5.74, 6) is 0.245. The van der Waals surface area contributed by atoms with Gasteiger partial charge in [-0.3, -0.25) is 4.79 Å². The molecular weight excluding hydrogens is 377 g/mol. The lowest BCUT2D eigenvalue weighted by Crippen LogP contribution is -2.20. The summed E-state index contributed by atoms with van der Waals surface area (Å²) < 4.78 is 6.36. The van der Waals surface area contributed by atoms with E-state index in [1.54, 1.807) is 18.2 Å². The van der Waals surface area contributed by atoms with Gasteiger partial charge >= 0.3 is 0 Å². The third-order valence-electron chi connectivity index (χ3n) is 2.70. The molecule has 0 saturated heterocycles. The van der Waals surface area contributed by atoms with Gasteiger partial charge in [-0.25, -0.2) is 0 Å². The highest BCUT2D eigenvalue weighted by molar-refractivity contribution is 9.10. The average Bonchev–Trinajstić information content (AvgIpc) is 2.44. The van der Waals surface area contributed by atoms with Crippen LogP contribution in [0.1, 0.15) is 5.56 Å². The van der Waals surface area contributed by atoms with Crippen molar-refractivity contribution in [2.24, 2.45) is 0 Å². The predicted octanol–water partition coefficient (Wildman–Crippen LogP) is 5.08. The van der Waals surface area contributed by atoms with Gasteiger partial charge in [0.1, 0.15) is 5.75 Å². The summed E-state index contributed by atoms with van der Waals surface area (Å²) in [6.45, 7) is 1.85. The van der Waals surface area contributed by atoms with Crippen molar-refractivity contribution in [1.29, 1.82) is 0 Å². The maximum Gasteiger partial charge on any atom is 0.262 e. The summed E-state index contributed by atoms with van der Waals surface area (Å²) in [7, 11) is 0. The number of nitrogens with one attached hydrogen (secondary N) is 1. The first kappa shape index (κ1) is 16.1. The molecule has 0 aliphatic rings. The Labute approximate surface area is 141 Å². The highest BCUT2D eigenvalue weighted by Crippen LogP contribution is 2.26. The van der Waals surface area contributed by atoms with E-state index in [4.69, 9.17) is 27.9 Å². The predicted molar refractivity (Wildman–Crippen MR) is 89.5 cm³/mol. The number of halogens is 3. The van der Waals surface area contributed by atoms with Gasteiger partial charge in [0, 0.05) is 16.2 Å². The number of rotatable bonds is 4. The molecule has 0 unspecified atom stereocenters. The quantitative estimate of drug-likeness (QED) is 0.792. The lowest BCUT2D eigenvalue weighted by molar-refractivity contribution is -0.118. The molecule has 21 heavy (non-hydrogen) atoms. The Morgan fingerprint density at radius 3 is 2.62 bits per heavy atom. The van der Waals surface area contributed by atoms with Crippen molar-refractivity contribution in [3.8, 4) is 5.75 Å². The number of amides is 1. The molecule has 2 rings (SSSR count). The number of hydrogen-bond donors (Lipinski definition) is 1. The van der Waals surface area contributed by atoms with Crippen molar-refractivity contribution in [2.75, 3.05) is 11.9 Å². The number of anilines is 1. The van der Waals surface area contributed by atoms with E-state index in [9.17, 15) is 4.79 Å². The Balaban J connectivity index is 1.92. The standard InChI is InChI=1S/C15H12BrCl2NO2/c1-9-6-10(2-4-12(9)16)19-15(20)8-21-11-3-5-13(17)14(18)7-11/h2-7H,8H2,1H3,(H,19,20). The van der Waals surface area contributed by atoms with Crippen molar-refractivity contribution in [2.45, 2.75) is 6.92 Å². The van der Waals surface area contributed by atoms with Crippen molar-refractivity contribution < 1.29 is 9.53 Å². The van der Waals surface area contributed by atoms with Gasteiger partial charge in [-0.2, -0.15) is 0 Å². The molecule has 0 aliphatic heterocycles. The average molecular weight is 389 g/mol. The fourth-order valence-corrected chi connectivity index (χ4v) is 2.17. The minimum absolute atomic E-state index is 0.104. The SMILES string of the molecule is Cc1cc(NC(=O)COc2ccc(Cl)c(Cl)c2)ccc1Br. The van der Waals surface area contributed by atoms with E-state index in [-0.39, 0.29) is 12.5 Å². The number of carbonyl (C=O) groups excluding carboxylic acids is 1. The smallest absolute Gasteiger partial charge is 0.262 e. The Kier molecular flexibility index (Phi) is 5.51. The molecule has 2 aromatic carbocycles. The molecule has 0 radical (unpaired) electrons. The van der Waals surface area contributed by atoms with Crippen molar-refractivity contribution in [3.05, 3.63) is 56.5 Å². The first-order valence-corrected chi connectivity index (χ1v) is 7.64. The summed E-state index contributed by atoms with van der Waals surface area (Å²) in [5.41, 5.74) is 1.76. The Morgan fingerprint density at radius 1 is 1.19 bits per heavy atom. The summed E-state index contributed by atoms with van der Waals surface area (Å²) in [5, 5.41) is 3.59. The molecule has 3 nitrogen and oxygen atoms in total. The molecule has 0 spiro atoms. The van der Waals surface area contributed by atoms with Crippen LogP contribution in [0, 0.1) is 6.92 Å². The van der Waals surface area contributed by atoms with Gasteiger partial charge in [0.25, 0.3) is 5.91 Å².